The van der Waals surface area contributed by atoms with Gasteiger partial charge in [-0.05, 0) is 104 Å². The monoisotopic (exact) mass is 440 g/mol. The Balaban J connectivity index is 1.31. The molecule has 0 N–H and O–H groups in total. The van der Waals surface area contributed by atoms with Gasteiger partial charge in [0.1, 0.15) is 5.82 Å². The van der Waals surface area contributed by atoms with Crippen molar-refractivity contribution in [3.8, 4) is 0 Å². The van der Waals surface area contributed by atoms with E-state index in [0.717, 1.165) is 37.7 Å². The van der Waals surface area contributed by atoms with Gasteiger partial charge >= 0.3 is 0 Å². The van der Waals surface area contributed by atoms with Crippen molar-refractivity contribution in [1.29, 1.82) is 0 Å². The van der Waals surface area contributed by atoms with Gasteiger partial charge in [0.15, 0.2) is 0 Å². The molecule has 1 saturated carbocycles. The van der Waals surface area contributed by atoms with Crippen LogP contribution < -0.4 is 0 Å². The van der Waals surface area contributed by atoms with Crippen LogP contribution in [0.2, 0.25) is 0 Å². The second kappa shape index (κ2) is 11.5. The van der Waals surface area contributed by atoms with E-state index in [2.05, 4.69) is 73.7 Å². The predicted molar refractivity (Wildman–Crippen MR) is 138 cm³/mol. The summed E-state index contributed by atoms with van der Waals surface area (Å²) in [4.78, 5) is 0. The van der Waals surface area contributed by atoms with Crippen molar-refractivity contribution < 1.29 is 4.39 Å². The zero-order chi connectivity index (χ0) is 23.0. The lowest BCUT2D eigenvalue weighted by Crippen LogP contribution is -2.12. The Morgan fingerprint density at radius 3 is 2.12 bits per heavy atom. The fourth-order valence-corrected chi connectivity index (χ4v) is 5.36. The Kier molecular flexibility index (Phi) is 8.15. The van der Waals surface area contributed by atoms with Crippen molar-refractivity contribution in [3.05, 3.63) is 119 Å². The Hall–Kier alpha value is -2.67. The van der Waals surface area contributed by atoms with Crippen molar-refractivity contribution in [2.75, 3.05) is 0 Å². The first-order chi connectivity index (χ1) is 16.1. The fourth-order valence-electron chi connectivity index (χ4n) is 5.36. The van der Waals surface area contributed by atoms with E-state index in [1.165, 1.54) is 35.1 Å². The molecule has 0 radical (unpaired) electrons. The zero-order valence-corrected chi connectivity index (χ0v) is 20.1. The number of hydrogen-bond donors (Lipinski definition) is 0. The van der Waals surface area contributed by atoms with E-state index in [9.17, 15) is 4.39 Å². The Bertz CT molecular complexity index is 1020. The Labute approximate surface area is 199 Å². The first-order valence-electron chi connectivity index (χ1n) is 12.7. The summed E-state index contributed by atoms with van der Waals surface area (Å²) in [5.41, 5.74) is 6.31. The van der Waals surface area contributed by atoms with Crippen LogP contribution in [0.4, 0.5) is 4.39 Å². The summed E-state index contributed by atoms with van der Waals surface area (Å²) in [6.45, 7) is 4.32. The molecule has 0 aromatic heterocycles. The lowest BCUT2D eigenvalue weighted by atomic mass is 9.76. The van der Waals surface area contributed by atoms with Crippen molar-refractivity contribution >= 4 is 0 Å². The van der Waals surface area contributed by atoms with E-state index in [1.54, 1.807) is 6.07 Å². The van der Waals surface area contributed by atoms with Crippen LogP contribution in [-0.4, -0.2) is 0 Å². The number of allylic oxidation sites excluding steroid dienone is 2. The first-order valence-corrected chi connectivity index (χ1v) is 12.7. The largest absolute Gasteiger partial charge is 0.207 e. The summed E-state index contributed by atoms with van der Waals surface area (Å²) in [5, 5.41) is 0. The summed E-state index contributed by atoms with van der Waals surface area (Å²) in [6, 6.07) is 26.1. The molecule has 0 nitrogen and oxygen atoms in total. The van der Waals surface area contributed by atoms with Crippen LogP contribution in [0, 0.1) is 5.82 Å². The molecule has 3 aromatic rings. The van der Waals surface area contributed by atoms with E-state index in [-0.39, 0.29) is 5.82 Å². The molecule has 0 saturated heterocycles. The highest BCUT2D eigenvalue weighted by Gasteiger charge is 2.24. The molecule has 1 aliphatic rings. The molecule has 0 amide bonds. The molecule has 1 atom stereocenters. The topological polar surface area (TPSA) is 0 Å². The molecule has 0 heterocycles. The van der Waals surface area contributed by atoms with Gasteiger partial charge in [-0.15, -0.1) is 0 Å². The molecule has 4 rings (SSSR count). The summed E-state index contributed by atoms with van der Waals surface area (Å²) < 4.78 is 14.6. The van der Waals surface area contributed by atoms with E-state index in [4.69, 9.17) is 0 Å². The number of benzene rings is 3. The predicted octanol–water partition coefficient (Wildman–Crippen LogP) is 9.12. The van der Waals surface area contributed by atoms with Crippen molar-refractivity contribution in [2.24, 2.45) is 0 Å². The average molecular weight is 441 g/mol. The molecule has 0 unspecified atom stereocenters. The van der Waals surface area contributed by atoms with E-state index >= 15 is 0 Å². The molecule has 1 fully saturated rings. The van der Waals surface area contributed by atoms with Crippen LogP contribution in [0.3, 0.4) is 0 Å². The van der Waals surface area contributed by atoms with E-state index < -0.39 is 0 Å². The second-order valence-corrected chi connectivity index (χ2v) is 9.76. The zero-order valence-electron chi connectivity index (χ0n) is 20.1. The van der Waals surface area contributed by atoms with Gasteiger partial charge in [-0.1, -0.05) is 85.8 Å². The highest BCUT2D eigenvalue weighted by atomic mass is 19.1. The van der Waals surface area contributed by atoms with Gasteiger partial charge in [0.2, 0.25) is 0 Å². The van der Waals surface area contributed by atoms with E-state index in [1.807, 2.05) is 19.1 Å². The number of rotatable bonds is 8. The van der Waals surface area contributed by atoms with Gasteiger partial charge < -0.3 is 0 Å². The van der Waals surface area contributed by atoms with E-state index in [0.29, 0.717) is 17.8 Å². The number of aryl methyl sites for hydroxylation is 1. The number of hydrogen-bond acceptors (Lipinski definition) is 0. The van der Waals surface area contributed by atoms with Crippen LogP contribution in [0.1, 0.15) is 91.5 Å². The highest BCUT2D eigenvalue weighted by Crippen LogP contribution is 2.41. The lowest BCUT2D eigenvalue weighted by Gasteiger charge is -2.29. The molecule has 0 bridgehead atoms. The summed E-state index contributed by atoms with van der Waals surface area (Å²) in [5.74, 6) is 1.62. The van der Waals surface area contributed by atoms with Crippen LogP contribution in [0.25, 0.3) is 0 Å². The minimum Gasteiger partial charge on any atom is -0.207 e. The Morgan fingerprint density at radius 1 is 0.848 bits per heavy atom. The molecule has 0 aliphatic heterocycles. The van der Waals surface area contributed by atoms with Gasteiger partial charge in [0, 0.05) is 0 Å². The van der Waals surface area contributed by atoms with Gasteiger partial charge in [0.25, 0.3) is 0 Å². The van der Waals surface area contributed by atoms with Crippen molar-refractivity contribution in [1.82, 2.24) is 0 Å². The quantitative estimate of drug-likeness (QED) is 0.306. The molecule has 0 spiro atoms. The van der Waals surface area contributed by atoms with Crippen molar-refractivity contribution in [2.45, 2.75) is 76.5 Å². The maximum atomic E-state index is 14.6. The normalized spacial score (nSPS) is 19.6. The molecule has 1 aliphatic carbocycles. The van der Waals surface area contributed by atoms with Crippen LogP contribution in [0.15, 0.2) is 84.9 Å². The van der Waals surface area contributed by atoms with Crippen LogP contribution in [0.5, 0.6) is 0 Å². The van der Waals surface area contributed by atoms with Gasteiger partial charge in [-0.3, -0.25) is 0 Å². The second-order valence-electron chi connectivity index (χ2n) is 9.76. The Morgan fingerprint density at radius 2 is 1.48 bits per heavy atom. The van der Waals surface area contributed by atoms with Crippen LogP contribution in [-0.2, 0) is 12.8 Å². The third kappa shape index (κ3) is 6.22. The maximum absolute atomic E-state index is 14.6. The molecule has 33 heavy (non-hydrogen) atoms. The molecule has 1 heteroatoms. The smallest absolute Gasteiger partial charge is 0.126 e. The SMILES string of the molecule is C/C=C/CCc1ccc(C2CCC(c3ccc(C[C@H](C)c4ccccc4)cc3)CC2)cc1F. The first kappa shape index (κ1) is 23.5. The van der Waals surface area contributed by atoms with Gasteiger partial charge in [0.05, 0.1) is 0 Å². The molecule has 3 aromatic carbocycles. The molecular formula is C32H37F. The molecule has 172 valence electrons. The summed E-state index contributed by atoms with van der Waals surface area (Å²) in [6.07, 6.45) is 11.6. The summed E-state index contributed by atoms with van der Waals surface area (Å²) >= 11 is 0. The summed E-state index contributed by atoms with van der Waals surface area (Å²) in [7, 11) is 0. The highest BCUT2D eigenvalue weighted by molar-refractivity contribution is 5.31. The van der Waals surface area contributed by atoms with Gasteiger partial charge in [-0.25, -0.2) is 4.39 Å². The average Bonchev–Trinajstić information content (AvgIpc) is 2.86. The molecular weight excluding hydrogens is 403 g/mol. The minimum absolute atomic E-state index is 0.0283. The third-order valence-corrected chi connectivity index (χ3v) is 7.45. The van der Waals surface area contributed by atoms with Crippen LogP contribution >= 0.6 is 0 Å². The lowest BCUT2D eigenvalue weighted by molar-refractivity contribution is 0.395. The van der Waals surface area contributed by atoms with Crippen molar-refractivity contribution in [3.63, 3.8) is 0 Å². The standard InChI is InChI=1S/C32H37F/c1-3-4-6-11-30-20-21-31(23-32(30)33)29-18-16-28(17-19-29)27-14-12-25(13-15-27)22-24(2)26-9-7-5-8-10-26/h3-5,7-10,12-15,20-21,23-24,28-29H,6,11,16-19,22H2,1-2H3/b4-3+/t24-,28?,29?/m0/s1. The maximum Gasteiger partial charge on any atom is 0.126 e. The van der Waals surface area contributed by atoms with Gasteiger partial charge in [-0.2, -0.15) is 0 Å². The number of halogens is 1. The minimum atomic E-state index is -0.0283. The fraction of sp³-hybridized carbons (Fsp3) is 0.375. The third-order valence-electron chi connectivity index (χ3n) is 7.45.